The van der Waals surface area contributed by atoms with E-state index in [0.717, 1.165) is 18.3 Å². The molecule has 0 saturated carbocycles. The summed E-state index contributed by atoms with van der Waals surface area (Å²) in [5.74, 6) is 1.85. The zero-order valence-corrected chi connectivity index (χ0v) is 8.15. The summed E-state index contributed by atoms with van der Waals surface area (Å²) in [5, 5.41) is 3.24. The van der Waals surface area contributed by atoms with Crippen molar-refractivity contribution in [2.24, 2.45) is 10.9 Å². The Morgan fingerprint density at radius 1 is 1.45 bits per heavy atom. The lowest BCUT2D eigenvalue weighted by molar-refractivity contribution is 0.551. The Morgan fingerprint density at radius 3 is 2.55 bits per heavy atom. The van der Waals surface area contributed by atoms with Crippen LogP contribution in [0.4, 0.5) is 0 Å². The van der Waals surface area contributed by atoms with E-state index in [1.165, 1.54) is 12.8 Å². The van der Waals surface area contributed by atoms with Gasteiger partial charge in [0.25, 0.3) is 0 Å². The van der Waals surface area contributed by atoms with Crippen LogP contribution in [-0.4, -0.2) is 19.4 Å². The van der Waals surface area contributed by atoms with Crippen molar-refractivity contribution in [2.75, 3.05) is 13.6 Å². The number of hydrogen-bond donors (Lipinski definition) is 1. The number of amidine groups is 1. The van der Waals surface area contributed by atoms with Crippen LogP contribution >= 0.6 is 0 Å². The molecule has 0 aromatic carbocycles. The summed E-state index contributed by atoms with van der Waals surface area (Å²) >= 11 is 0. The van der Waals surface area contributed by atoms with Crippen molar-refractivity contribution in [1.29, 1.82) is 0 Å². The highest BCUT2D eigenvalue weighted by molar-refractivity contribution is 5.79. The molecule has 1 N–H and O–H groups in total. The summed E-state index contributed by atoms with van der Waals surface area (Å²) < 4.78 is 0. The molecule has 0 aliphatic carbocycles. The first-order valence-corrected chi connectivity index (χ1v) is 4.34. The molecule has 0 rings (SSSR count). The lowest BCUT2D eigenvalue weighted by Crippen LogP contribution is -2.21. The van der Waals surface area contributed by atoms with Gasteiger partial charge in [-0.3, -0.25) is 4.99 Å². The van der Waals surface area contributed by atoms with E-state index in [1.807, 2.05) is 14.0 Å². The van der Waals surface area contributed by atoms with E-state index in [4.69, 9.17) is 0 Å². The van der Waals surface area contributed by atoms with E-state index in [1.54, 1.807) is 0 Å². The Bertz CT molecular complexity index is 117. The van der Waals surface area contributed by atoms with Crippen molar-refractivity contribution >= 4 is 5.84 Å². The van der Waals surface area contributed by atoms with Crippen LogP contribution < -0.4 is 5.32 Å². The van der Waals surface area contributed by atoms with Crippen molar-refractivity contribution in [1.82, 2.24) is 5.32 Å². The minimum absolute atomic E-state index is 0.815. The van der Waals surface area contributed by atoms with Gasteiger partial charge in [-0.05, 0) is 25.7 Å². The largest absolute Gasteiger partial charge is 0.374 e. The summed E-state index contributed by atoms with van der Waals surface area (Å²) in [6, 6.07) is 0. The van der Waals surface area contributed by atoms with E-state index in [9.17, 15) is 0 Å². The van der Waals surface area contributed by atoms with Crippen LogP contribution in [0.3, 0.4) is 0 Å². The van der Waals surface area contributed by atoms with Crippen LogP contribution in [0.15, 0.2) is 4.99 Å². The smallest absolute Gasteiger partial charge is 0.0928 e. The van der Waals surface area contributed by atoms with Gasteiger partial charge < -0.3 is 5.32 Å². The lowest BCUT2D eigenvalue weighted by Gasteiger charge is -2.06. The molecule has 0 amide bonds. The summed E-state index contributed by atoms with van der Waals surface area (Å²) in [5.41, 5.74) is 0. The van der Waals surface area contributed by atoms with E-state index < -0.39 is 0 Å². The number of nitrogens with zero attached hydrogens (tertiary/aromatic N) is 1. The van der Waals surface area contributed by atoms with Gasteiger partial charge in [-0.1, -0.05) is 13.8 Å². The number of aliphatic imine (C=N–C) groups is 1. The maximum atomic E-state index is 4.01. The first-order valence-electron chi connectivity index (χ1n) is 4.34. The van der Waals surface area contributed by atoms with E-state index >= 15 is 0 Å². The average Bonchev–Trinajstić information content (AvgIpc) is 1.97. The van der Waals surface area contributed by atoms with Crippen LogP contribution in [-0.2, 0) is 0 Å². The van der Waals surface area contributed by atoms with Crippen molar-refractivity contribution < 1.29 is 0 Å². The fourth-order valence-corrected chi connectivity index (χ4v) is 0.859. The third-order valence-electron chi connectivity index (χ3n) is 1.67. The molecule has 0 aliphatic rings. The Morgan fingerprint density at radius 2 is 2.09 bits per heavy atom. The molecule has 0 aromatic rings. The maximum absolute atomic E-state index is 4.01. The predicted octanol–water partition coefficient (Wildman–Crippen LogP) is 2.06. The second-order valence-electron chi connectivity index (χ2n) is 3.27. The standard InChI is InChI=1S/C9H20N2/c1-8(2)6-5-7-11-9(3)10-4/h8H,5-7H2,1-4H3,(H,10,11). The average molecular weight is 156 g/mol. The molecular weight excluding hydrogens is 136 g/mol. The molecular formula is C9H20N2. The minimum atomic E-state index is 0.815. The van der Waals surface area contributed by atoms with Gasteiger partial charge in [0.05, 0.1) is 5.84 Å². The SMILES string of the molecule is CN=C(C)NCCCC(C)C. The van der Waals surface area contributed by atoms with Gasteiger partial charge in [0.15, 0.2) is 0 Å². The van der Waals surface area contributed by atoms with E-state index in [0.29, 0.717) is 0 Å². The molecule has 0 spiro atoms. The molecule has 0 radical (unpaired) electrons. The molecule has 0 bridgehead atoms. The van der Waals surface area contributed by atoms with Crippen LogP contribution in [0, 0.1) is 5.92 Å². The fourth-order valence-electron chi connectivity index (χ4n) is 0.859. The highest BCUT2D eigenvalue weighted by atomic mass is 15.0. The maximum Gasteiger partial charge on any atom is 0.0928 e. The monoisotopic (exact) mass is 156 g/mol. The number of hydrogen-bond acceptors (Lipinski definition) is 1. The van der Waals surface area contributed by atoms with Gasteiger partial charge in [-0.2, -0.15) is 0 Å². The summed E-state index contributed by atoms with van der Waals surface area (Å²) in [7, 11) is 1.81. The highest BCUT2D eigenvalue weighted by Crippen LogP contribution is 2.01. The van der Waals surface area contributed by atoms with Gasteiger partial charge in [0, 0.05) is 13.6 Å². The highest BCUT2D eigenvalue weighted by Gasteiger charge is 1.93. The lowest BCUT2D eigenvalue weighted by atomic mass is 10.1. The second kappa shape index (κ2) is 6.20. The summed E-state index contributed by atoms with van der Waals surface area (Å²) in [4.78, 5) is 4.01. The van der Waals surface area contributed by atoms with Crippen LogP contribution in [0.25, 0.3) is 0 Å². The van der Waals surface area contributed by atoms with Crippen molar-refractivity contribution in [3.05, 3.63) is 0 Å². The van der Waals surface area contributed by atoms with Gasteiger partial charge in [-0.25, -0.2) is 0 Å². The molecule has 11 heavy (non-hydrogen) atoms. The van der Waals surface area contributed by atoms with Crippen LogP contribution in [0.2, 0.25) is 0 Å². The van der Waals surface area contributed by atoms with Crippen molar-refractivity contribution in [2.45, 2.75) is 33.6 Å². The Hall–Kier alpha value is -0.530. The third-order valence-corrected chi connectivity index (χ3v) is 1.67. The van der Waals surface area contributed by atoms with Gasteiger partial charge in [0.1, 0.15) is 0 Å². The van der Waals surface area contributed by atoms with E-state index in [2.05, 4.69) is 24.2 Å². The molecule has 0 atom stereocenters. The minimum Gasteiger partial charge on any atom is -0.374 e. The molecule has 0 heterocycles. The zero-order valence-electron chi connectivity index (χ0n) is 8.15. The van der Waals surface area contributed by atoms with Crippen molar-refractivity contribution in [3.8, 4) is 0 Å². The topological polar surface area (TPSA) is 24.4 Å². The first-order chi connectivity index (χ1) is 5.16. The molecule has 0 fully saturated rings. The Balaban J connectivity index is 3.15. The van der Waals surface area contributed by atoms with Gasteiger partial charge in [0.2, 0.25) is 0 Å². The normalized spacial score (nSPS) is 12.3. The molecule has 0 saturated heterocycles. The van der Waals surface area contributed by atoms with Crippen LogP contribution in [0.1, 0.15) is 33.6 Å². The quantitative estimate of drug-likeness (QED) is 0.376. The molecule has 2 heteroatoms. The Kier molecular flexibility index (Phi) is 5.90. The fraction of sp³-hybridized carbons (Fsp3) is 0.889. The molecule has 66 valence electrons. The number of rotatable bonds is 4. The summed E-state index contributed by atoms with van der Waals surface area (Å²) in [6.07, 6.45) is 2.54. The molecule has 0 unspecified atom stereocenters. The van der Waals surface area contributed by atoms with Gasteiger partial charge >= 0.3 is 0 Å². The molecule has 0 aliphatic heterocycles. The predicted molar refractivity (Wildman–Crippen MR) is 51.1 cm³/mol. The van der Waals surface area contributed by atoms with Crippen LogP contribution in [0.5, 0.6) is 0 Å². The molecule has 2 nitrogen and oxygen atoms in total. The first kappa shape index (κ1) is 10.5. The molecule has 0 aromatic heterocycles. The summed E-state index contributed by atoms with van der Waals surface area (Å²) in [6.45, 7) is 7.55. The second-order valence-corrected chi connectivity index (χ2v) is 3.27. The van der Waals surface area contributed by atoms with E-state index in [-0.39, 0.29) is 0 Å². The Labute approximate surface area is 70.1 Å². The number of nitrogens with one attached hydrogen (secondary N) is 1. The van der Waals surface area contributed by atoms with Gasteiger partial charge in [-0.15, -0.1) is 0 Å². The zero-order chi connectivity index (χ0) is 8.69. The van der Waals surface area contributed by atoms with Crippen molar-refractivity contribution in [3.63, 3.8) is 0 Å². The third kappa shape index (κ3) is 7.37.